The number of unbranched alkanes of at least 4 members (excludes halogenated alkanes) is 2. The number of nitrogen functional groups attached to an aromatic ring is 1. The van der Waals surface area contributed by atoms with E-state index in [2.05, 4.69) is 39.8 Å². The normalized spacial score (nSPS) is 19.2. The fraction of sp³-hybridized carbons (Fsp3) is 0.381. The van der Waals surface area contributed by atoms with Crippen molar-refractivity contribution >= 4 is 23.2 Å². The average molecular weight is 707 g/mol. The van der Waals surface area contributed by atoms with Crippen LogP contribution in [0.4, 0.5) is 11.4 Å². The number of carbonyl (C=O) groups is 2. The summed E-state index contributed by atoms with van der Waals surface area (Å²) in [4.78, 5) is 27.3. The van der Waals surface area contributed by atoms with Crippen molar-refractivity contribution in [1.82, 2.24) is 10.2 Å². The van der Waals surface area contributed by atoms with Gasteiger partial charge in [-0.05, 0) is 64.9 Å². The van der Waals surface area contributed by atoms with Crippen molar-refractivity contribution in [3.8, 4) is 11.1 Å². The van der Waals surface area contributed by atoms with Gasteiger partial charge in [-0.2, -0.15) is 0 Å². The minimum absolute atomic E-state index is 0.00676. The molecule has 52 heavy (non-hydrogen) atoms. The van der Waals surface area contributed by atoms with Crippen molar-refractivity contribution in [2.75, 3.05) is 43.9 Å². The minimum atomic E-state index is -0.540. The molecular weight excluding hydrogens is 656 g/mol. The zero-order valence-corrected chi connectivity index (χ0v) is 29.7. The van der Waals surface area contributed by atoms with Gasteiger partial charge < -0.3 is 35.7 Å². The van der Waals surface area contributed by atoms with E-state index in [9.17, 15) is 14.7 Å². The van der Waals surface area contributed by atoms with Crippen LogP contribution in [0.5, 0.6) is 0 Å². The number of hydrogen-bond donors (Lipinski definition) is 4. The average Bonchev–Trinajstić information content (AvgIpc) is 3.18. The number of anilines is 2. The van der Waals surface area contributed by atoms with Crippen LogP contribution in [-0.2, 0) is 37.0 Å². The Kier molecular flexibility index (Phi) is 13.4. The Balaban J connectivity index is 1.02. The van der Waals surface area contributed by atoms with Crippen molar-refractivity contribution in [1.29, 1.82) is 0 Å². The first-order valence-corrected chi connectivity index (χ1v) is 18.3. The highest BCUT2D eigenvalue weighted by atomic mass is 16.7. The number of hydrogen-bond acceptors (Lipinski definition) is 8. The van der Waals surface area contributed by atoms with Gasteiger partial charge in [0.15, 0.2) is 6.29 Å². The summed E-state index contributed by atoms with van der Waals surface area (Å²) in [5.41, 5.74) is 13.0. The first-order chi connectivity index (χ1) is 25.4. The topological polar surface area (TPSA) is 135 Å². The van der Waals surface area contributed by atoms with E-state index in [4.69, 9.17) is 19.9 Å². The lowest BCUT2D eigenvalue weighted by Gasteiger charge is -2.39. The number of benzene rings is 4. The number of nitrogens with two attached hydrogens (primary N) is 1. The monoisotopic (exact) mass is 706 g/mol. The largest absolute Gasteiger partial charge is 0.397 e. The molecule has 6 rings (SSSR count). The van der Waals surface area contributed by atoms with E-state index in [0.717, 1.165) is 79.1 Å². The van der Waals surface area contributed by atoms with Crippen LogP contribution in [0.1, 0.15) is 73.2 Å². The first kappa shape index (κ1) is 37.2. The van der Waals surface area contributed by atoms with E-state index in [1.165, 1.54) is 0 Å². The maximum absolute atomic E-state index is 12.6. The Hall–Kier alpha value is -4.58. The molecule has 274 valence electrons. The minimum Gasteiger partial charge on any atom is -0.397 e. The molecule has 2 amide bonds. The number of ether oxygens (including phenoxy) is 3. The standard InChI is InChI=1S/C42H50N4O6/c43-37-12-4-5-13-38(37)45-41(49)15-3-1-2-14-40(48)44-27-31-8-6-9-33(24-31)34-10-7-11-35(25-34)42-51-36(28-46-20-22-50-23-21-46)26-39(52-42)32-18-16-30(29-47)17-19-32/h4-13,16-19,24-25,36,39,42,47H,1-3,14-15,20-23,26-29,43H2,(H,44,48)(H,45,49)/t36-,39+,42+/m0/s1. The zero-order chi connectivity index (χ0) is 36.1. The van der Waals surface area contributed by atoms with Crippen LogP contribution in [-0.4, -0.2) is 60.8 Å². The number of nitrogens with one attached hydrogen (secondary N) is 2. The Morgan fingerprint density at radius 3 is 2.27 bits per heavy atom. The van der Waals surface area contributed by atoms with Gasteiger partial charge in [-0.3, -0.25) is 14.5 Å². The molecule has 2 aliphatic heterocycles. The highest BCUT2D eigenvalue weighted by Crippen LogP contribution is 2.39. The molecule has 10 heteroatoms. The third-order valence-electron chi connectivity index (χ3n) is 9.63. The van der Waals surface area contributed by atoms with Gasteiger partial charge >= 0.3 is 0 Å². The number of carbonyl (C=O) groups excluding carboxylic acids is 2. The van der Waals surface area contributed by atoms with Crippen LogP contribution in [0, 0.1) is 0 Å². The molecule has 0 aliphatic carbocycles. The van der Waals surface area contributed by atoms with E-state index in [0.29, 0.717) is 43.6 Å². The lowest BCUT2D eigenvalue weighted by Crippen LogP contribution is -2.44. The molecule has 10 nitrogen and oxygen atoms in total. The fourth-order valence-electron chi connectivity index (χ4n) is 6.69. The second-order valence-corrected chi connectivity index (χ2v) is 13.6. The van der Waals surface area contributed by atoms with Gasteiger partial charge in [0.2, 0.25) is 11.8 Å². The predicted octanol–water partition coefficient (Wildman–Crippen LogP) is 6.51. The number of aliphatic hydroxyl groups is 1. The van der Waals surface area contributed by atoms with Gasteiger partial charge in [0.25, 0.3) is 0 Å². The molecule has 2 saturated heterocycles. The third-order valence-corrected chi connectivity index (χ3v) is 9.63. The zero-order valence-electron chi connectivity index (χ0n) is 29.7. The van der Waals surface area contributed by atoms with Gasteiger partial charge in [-0.25, -0.2) is 0 Å². The smallest absolute Gasteiger partial charge is 0.224 e. The second kappa shape index (κ2) is 18.8. The first-order valence-electron chi connectivity index (χ1n) is 18.3. The van der Waals surface area contributed by atoms with Gasteiger partial charge in [-0.15, -0.1) is 0 Å². The summed E-state index contributed by atoms with van der Waals surface area (Å²) < 4.78 is 18.8. The molecule has 2 heterocycles. The lowest BCUT2D eigenvalue weighted by molar-refractivity contribution is -0.253. The molecule has 3 atom stereocenters. The molecule has 5 N–H and O–H groups in total. The molecule has 0 unspecified atom stereocenters. The van der Waals surface area contributed by atoms with Crippen LogP contribution in [0.3, 0.4) is 0 Å². The van der Waals surface area contributed by atoms with Crippen molar-refractivity contribution in [2.24, 2.45) is 0 Å². The van der Waals surface area contributed by atoms with Crippen LogP contribution >= 0.6 is 0 Å². The summed E-state index contributed by atoms with van der Waals surface area (Å²) in [5.74, 6) is -0.0819. The van der Waals surface area contributed by atoms with Gasteiger partial charge in [0.05, 0.1) is 43.4 Å². The van der Waals surface area contributed by atoms with Crippen molar-refractivity contribution < 1.29 is 28.9 Å². The van der Waals surface area contributed by atoms with E-state index in [1.807, 2.05) is 60.7 Å². The predicted molar refractivity (Wildman–Crippen MR) is 202 cm³/mol. The van der Waals surface area contributed by atoms with Gasteiger partial charge in [0, 0.05) is 51.0 Å². The van der Waals surface area contributed by atoms with Crippen LogP contribution in [0.2, 0.25) is 0 Å². The summed E-state index contributed by atoms with van der Waals surface area (Å²) in [6, 6.07) is 31.7. The SMILES string of the molecule is Nc1ccccc1NC(=O)CCCCCC(=O)NCc1cccc(-c2cccc([C@@H]3O[C@H](CN4CCOCC4)C[C@H](c4ccc(CO)cc4)O3)c2)c1. The van der Waals surface area contributed by atoms with E-state index >= 15 is 0 Å². The van der Waals surface area contributed by atoms with E-state index in [-0.39, 0.29) is 30.6 Å². The van der Waals surface area contributed by atoms with Gasteiger partial charge in [0.1, 0.15) is 0 Å². The van der Waals surface area contributed by atoms with Crippen LogP contribution in [0.15, 0.2) is 97.1 Å². The molecule has 4 aromatic rings. The lowest BCUT2D eigenvalue weighted by atomic mass is 9.98. The quantitative estimate of drug-likeness (QED) is 0.0812. The highest BCUT2D eigenvalue weighted by molar-refractivity contribution is 5.93. The van der Waals surface area contributed by atoms with E-state index < -0.39 is 6.29 Å². The summed E-state index contributed by atoms with van der Waals surface area (Å²) in [6.07, 6.45) is 3.04. The Labute approximate surface area is 306 Å². The Morgan fingerprint density at radius 1 is 0.769 bits per heavy atom. The van der Waals surface area contributed by atoms with Crippen molar-refractivity contribution in [3.05, 3.63) is 119 Å². The second-order valence-electron chi connectivity index (χ2n) is 13.6. The molecule has 2 aliphatic rings. The number of morpholine rings is 1. The van der Waals surface area contributed by atoms with Crippen LogP contribution < -0.4 is 16.4 Å². The maximum atomic E-state index is 12.6. The summed E-state index contributed by atoms with van der Waals surface area (Å²) in [6.45, 7) is 4.49. The number of aliphatic hydroxyl groups excluding tert-OH is 1. The summed E-state index contributed by atoms with van der Waals surface area (Å²) >= 11 is 0. The highest BCUT2D eigenvalue weighted by Gasteiger charge is 2.33. The maximum Gasteiger partial charge on any atom is 0.224 e. The molecule has 0 radical (unpaired) electrons. The van der Waals surface area contributed by atoms with E-state index in [1.54, 1.807) is 12.1 Å². The molecule has 0 bridgehead atoms. The number of para-hydroxylation sites is 2. The molecular formula is C42H50N4O6. The summed E-state index contributed by atoms with van der Waals surface area (Å²) in [7, 11) is 0. The van der Waals surface area contributed by atoms with Gasteiger partial charge in [-0.1, -0.05) is 79.2 Å². The molecule has 2 fully saturated rings. The number of nitrogens with zero attached hydrogens (tertiary/aromatic N) is 1. The fourth-order valence-corrected chi connectivity index (χ4v) is 6.69. The Bertz CT molecular complexity index is 1760. The molecule has 0 spiro atoms. The van der Waals surface area contributed by atoms with Crippen molar-refractivity contribution in [3.63, 3.8) is 0 Å². The van der Waals surface area contributed by atoms with Crippen LogP contribution in [0.25, 0.3) is 11.1 Å². The number of rotatable bonds is 15. The molecule has 4 aromatic carbocycles. The third kappa shape index (κ3) is 10.7. The molecule has 0 aromatic heterocycles. The number of amides is 2. The Morgan fingerprint density at radius 2 is 1.50 bits per heavy atom. The van der Waals surface area contributed by atoms with Crippen molar-refractivity contribution in [2.45, 2.75) is 70.2 Å². The summed E-state index contributed by atoms with van der Waals surface area (Å²) in [5, 5.41) is 15.4. The molecule has 0 saturated carbocycles.